The molecule has 13 heteroatoms. The zero-order valence-corrected chi connectivity index (χ0v) is 24.3. The maximum atomic E-state index is 13.7. The highest BCUT2D eigenvalue weighted by atomic mass is 79.9. The Kier molecular flexibility index (Phi) is 8.91. The lowest BCUT2D eigenvalue weighted by atomic mass is 10.2. The Morgan fingerprint density at radius 2 is 1.85 bits per heavy atom. The van der Waals surface area contributed by atoms with E-state index in [9.17, 15) is 4.39 Å². The molecule has 0 atom stereocenters. The molecule has 2 aromatic carbocycles. The first-order chi connectivity index (χ1) is 19.7. The molecule has 0 amide bonds. The summed E-state index contributed by atoms with van der Waals surface area (Å²) < 4.78 is 23.2. The maximum Gasteiger partial charge on any atom is 0.414 e. The third-order valence-corrected chi connectivity index (χ3v) is 7.93. The lowest BCUT2D eigenvalue weighted by Gasteiger charge is -2.15. The molecule has 6 rings (SSSR count). The molecule has 10 nitrogen and oxygen atoms in total. The van der Waals surface area contributed by atoms with Crippen LogP contribution in [-0.4, -0.2) is 68.1 Å². The van der Waals surface area contributed by atoms with E-state index < -0.39 is 17.8 Å². The van der Waals surface area contributed by atoms with Gasteiger partial charge in [-0.1, -0.05) is 11.6 Å². The standard InChI is InChI=1S/C26H26BrClFN5O.C2H2O4/c27-19-14-22-18(13-24(19)35-11-3-10-33-8-1-2-9-33)25-23(34(22)17-5-6-17)15-30-32-26(25)31-16-4-7-21(29)20(28)12-16;3-1(4)2(5)6/h4,7,12-15,17H,1-3,5-6,8-11H2,(H,31,32);(H,3,4)(H,5,6). The summed E-state index contributed by atoms with van der Waals surface area (Å²) in [4.78, 5) is 20.7. The average Bonchev–Trinajstić information content (AvgIpc) is 3.53. The van der Waals surface area contributed by atoms with Crippen molar-refractivity contribution in [2.45, 2.75) is 38.1 Å². The quantitative estimate of drug-likeness (QED) is 0.150. The molecular formula is C28H28BrClFN5O5. The van der Waals surface area contributed by atoms with Crippen LogP contribution in [0.3, 0.4) is 0 Å². The minimum atomic E-state index is -1.82. The van der Waals surface area contributed by atoms with Crippen LogP contribution in [0.15, 0.2) is 41.0 Å². The smallest absolute Gasteiger partial charge is 0.414 e. The van der Waals surface area contributed by atoms with Crippen molar-refractivity contribution in [1.82, 2.24) is 19.7 Å². The first-order valence-corrected chi connectivity index (χ1v) is 14.4. The molecule has 1 saturated carbocycles. The molecule has 1 saturated heterocycles. The first-order valence-electron chi connectivity index (χ1n) is 13.2. The van der Waals surface area contributed by atoms with Gasteiger partial charge in [-0.05, 0) is 91.5 Å². The van der Waals surface area contributed by atoms with Crippen molar-refractivity contribution >= 4 is 72.8 Å². The van der Waals surface area contributed by atoms with Gasteiger partial charge in [0.1, 0.15) is 11.6 Å². The summed E-state index contributed by atoms with van der Waals surface area (Å²) >= 11 is 9.75. The van der Waals surface area contributed by atoms with Gasteiger partial charge in [-0.3, -0.25) is 0 Å². The number of aliphatic carboxylic acids is 2. The molecule has 1 aliphatic heterocycles. The summed E-state index contributed by atoms with van der Waals surface area (Å²) in [7, 11) is 0. The summed E-state index contributed by atoms with van der Waals surface area (Å²) in [6.45, 7) is 4.14. The van der Waals surface area contributed by atoms with Gasteiger partial charge in [0.05, 0.1) is 38.7 Å². The SMILES string of the molecule is Fc1ccc(Nc2nncc3c2c2cc(OCCCN4CCCC4)c(Br)cc2n3C2CC2)cc1Cl.O=C(O)C(=O)O. The van der Waals surface area contributed by atoms with Crippen LogP contribution in [-0.2, 0) is 9.59 Å². The van der Waals surface area contributed by atoms with Gasteiger partial charge in [-0.25, -0.2) is 14.0 Å². The second-order valence-electron chi connectivity index (χ2n) is 9.97. The number of nitrogens with zero attached hydrogens (tertiary/aromatic N) is 4. The Morgan fingerprint density at radius 3 is 2.51 bits per heavy atom. The fourth-order valence-corrected chi connectivity index (χ4v) is 5.64. The number of carboxylic acid groups (broad SMARTS) is 2. The number of carboxylic acids is 2. The predicted octanol–water partition coefficient (Wildman–Crippen LogP) is 6.24. The highest BCUT2D eigenvalue weighted by Gasteiger charge is 2.29. The number of hydrogen-bond donors (Lipinski definition) is 3. The molecule has 41 heavy (non-hydrogen) atoms. The number of carbonyl (C=O) groups is 2. The Morgan fingerprint density at radius 1 is 1.12 bits per heavy atom. The molecular weight excluding hydrogens is 621 g/mol. The molecule has 0 bridgehead atoms. The highest BCUT2D eigenvalue weighted by Crippen LogP contribution is 2.46. The van der Waals surface area contributed by atoms with Crippen molar-refractivity contribution in [3.8, 4) is 5.75 Å². The third kappa shape index (κ3) is 6.71. The number of halogens is 3. The fourth-order valence-electron chi connectivity index (χ4n) is 5.01. The van der Waals surface area contributed by atoms with Gasteiger partial charge in [-0.2, -0.15) is 5.10 Å². The number of fused-ring (bicyclic) bond motifs is 3. The van der Waals surface area contributed by atoms with Crippen LogP contribution in [0.1, 0.15) is 38.1 Å². The van der Waals surface area contributed by atoms with E-state index in [0.29, 0.717) is 24.2 Å². The molecule has 3 heterocycles. The lowest BCUT2D eigenvalue weighted by Crippen LogP contribution is -2.21. The number of hydrogen-bond acceptors (Lipinski definition) is 7. The van der Waals surface area contributed by atoms with E-state index in [0.717, 1.165) is 57.8 Å². The number of aromatic nitrogens is 3. The predicted molar refractivity (Wildman–Crippen MR) is 157 cm³/mol. The molecule has 2 aliphatic rings. The van der Waals surface area contributed by atoms with Crippen LogP contribution < -0.4 is 10.1 Å². The van der Waals surface area contributed by atoms with Crippen LogP contribution in [0, 0.1) is 5.82 Å². The van der Waals surface area contributed by atoms with Crippen LogP contribution in [0.2, 0.25) is 5.02 Å². The van der Waals surface area contributed by atoms with Crippen molar-refractivity contribution in [3.05, 3.63) is 51.8 Å². The van der Waals surface area contributed by atoms with E-state index >= 15 is 0 Å². The van der Waals surface area contributed by atoms with Gasteiger partial charge in [0.15, 0.2) is 5.82 Å². The average molecular weight is 649 g/mol. The fraction of sp³-hybridized carbons (Fsp3) is 0.357. The third-order valence-electron chi connectivity index (χ3n) is 7.02. The van der Waals surface area contributed by atoms with E-state index in [1.54, 1.807) is 12.1 Å². The second kappa shape index (κ2) is 12.6. The van der Waals surface area contributed by atoms with Crippen molar-refractivity contribution in [2.24, 2.45) is 0 Å². The molecule has 0 unspecified atom stereocenters. The molecule has 4 aromatic rings. The minimum Gasteiger partial charge on any atom is -0.492 e. The zero-order valence-electron chi connectivity index (χ0n) is 21.9. The van der Waals surface area contributed by atoms with Gasteiger partial charge in [0.2, 0.25) is 0 Å². The molecule has 1 aliphatic carbocycles. The van der Waals surface area contributed by atoms with Crippen molar-refractivity contribution in [2.75, 3.05) is 31.6 Å². The lowest BCUT2D eigenvalue weighted by molar-refractivity contribution is -0.159. The summed E-state index contributed by atoms with van der Waals surface area (Å²) in [5, 5.41) is 28.8. The molecule has 0 spiro atoms. The summed E-state index contributed by atoms with van der Waals surface area (Å²) in [6.07, 6.45) is 7.71. The van der Waals surface area contributed by atoms with Gasteiger partial charge < -0.3 is 29.7 Å². The normalized spacial score (nSPS) is 15.1. The Labute approximate surface area is 248 Å². The van der Waals surface area contributed by atoms with Gasteiger partial charge in [-0.15, -0.1) is 5.10 Å². The van der Waals surface area contributed by atoms with Crippen LogP contribution in [0.5, 0.6) is 5.75 Å². The summed E-state index contributed by atoms with van der Waals surface area (Å²) in [5.74, 6) is -2.67. The maximum absolute atomic E-state index is 13.7. The number of anilines is 2. The summed E-state index contributed by atoms with van der Waals surface area (Å²) in [6, 6.07) is 9.24. The van der Waals surface area contributed by atoms with E-state index in [-0.39, 0.29) is 5.02 Å². The largest absolute Gasteiger partial charge is 0.492 e. The Bertz CT molecular complexity index is 1590. The van der Waals surface area contributed by atoms with Crippen molar-refractivity contribution in [3.63, 3.8) is 0 Å². The number of rotatable bonds is 8. The first kappa shape index (κ1) is 29.0. The molecule has 216 valence electrons. The van der Waals surface area contributed by atoms with E-state index in [1.165, 1.54) is 32.0 Å². The Balaban J connectivity index is 0.000000511. The monoisotopic (exact) mass is 647 g/mol. The number of ether oxygens (including phenoxy) is 1. The van der Waals surface area contributed by atoms with Crippen LogP contribution >= 0.6 is 27.5 Å². The Hall–Kier alpha value is -3.48. The van der Waals surface area contributed by atoms with E-state index in [1.807, 2.05) is 6.20 Å². The van der Waals surface area contributed by atoms with Gasteiger partial charge in [0, 0.05) is 23.7 Å². The topological polar surface area (TPSA) is 130 Å². The minimum absolute atomic E-state index is 0.0593. The molecule has 0 radical (unpaired) electrons. The van der Waals surface area contributed by atoms with Crippen molar-refractivity contribution < 1.29 is 28.9 Å². The van der Waals surface area contributed by atoms with Crippen LogP contribution in [0.4, 0.5) is 15.9 Å². The number of nitrogens with one attached hydrogen (secondary N) is 1. The van der Waals surface area contributed by atoms with Gasteiger partial charge in [0.25, 0.3) is 0 Å². The highest BCUT2D eigenvalue weighted by molar-refractivity contribution is 9.10. The van der Waals surface area contributed by atoms with E-state index in [4.69, 9.17) is 36.1 Å². The number of likely N-dealkylation sites (tertiary alicyclic amines) is 1. The molecule has 2 fully saturated rings. The molecule has 2 aromatic heterocycles. The zero-order chi connectivity index (χ0) is 29.1. The van der Waals surface area contributed by atoms with Gasteiger partial charge >= 0.3 is 11.9 Å². The second-order valence-corrected chi connectivity index (χ2v) is 11.2. The summed E-state index contributed by atoms with van der Waals surface area (Å²) in [5.41, 5.74) is 2.79. The van der Waals surface area contributed by atoms with Crippen molar-refractivity contribution in [1.29, 1.82) is 0 Å². The van der Waals surface area contributed by atoms with Crippen LogP contribution in [0.25, 0.3) is 21.8 Å². The molecule has 3 N–H and O–H groups in total. The number of benzene rings is 2. The van der Waals surface area contributed by atoms with E-state index in [2.05, 4.69) is 53.0 Å².